The zero-order chi connectivity index (χ0) is 13.8. The van der Waals surface area contributed by atoms with E-state index in [1.165, 1.54) is 0 Å². The van der Waals surface area contributed by atoms with Gasteiger partial charge >= 0.3 is 0 Å². The molecule has 0 spiro atoms. The van der Waals surface area contributed by atoms with E-state index in [0.717, 1.165) is 43.6 Å². The third-order valence-electron chi connectivity index (χ3n) is 4.01. The fraction of sp³-hybridized carbons (Fsp3) is 0.562. The van der Waals surface area contributed by atoms with Crippen LogP contribution in [0.4, 0.5) is 0 Å². The zero-order valence-electron chi connectivity index (χ0n) is 11.6. The molecule has 0 bridgehead atoms. The van der Waals surface area contributed by atoms with E-state index in [9.17, 15) is 4.79 Å². The van der Waals surface area contributed by atoms with Crippen molar-refractivity contribution in [3.05, 3.63) is 29.8 Å². The van der Waals surface area contributed by atoms with Crippen LogP contribution in [0.15, 0.2) is 24.3 Å². The summed E-state index contributed by atoms with van der Waals surface area (Å²) in [5, 5.41) is 3.12. The van der Waals surface area contributed by atoms with Crippen LogP contribution < -0.4 is 10.1 Å². The van der Waals surface area contributed by atoms with E-state index in [2.05, 4.69) is 5.32 Å². The van der Waals surface area contributed by atoms with Gasteiger partial charge in [0.1, 0.15) is 5.75 Å². The lowest BCUT2D eigenvalue weighted by atomic mass is 10.00. The molecule has 4 heteroatoms. The number of hydrogen-bond acceptors (Lipinski definition) is 3. The van der Waals surface area contributed by atoms with E-state index in [1.54, 1.807) is 0 Å². The number of hydrogen-bond donors (Lipinski definition) is 1. The Hall–Kier alpha value is -1.55. The predicted molar refractivity (Wildman–Crippen MR) is 75.6 cm³/mol. The number of fused-ring (bicyclic) bond motifs is 1. The number of nitrogens with one attached hydrogen (secondary N) is 1. The number of rotatable bonds is 4. The lowest BCUT2D eigenvalue weighted by Gasteiger charge is -2.26. The maximum atomic E-state index is 12.1. The second-order valence-electron chi connectivity index (χ2n) is 5.47. The van der Waals surface area contributed by atoms with Gasteiger partial charge in [-0.15, -0.1) is 0 Å². The Morgan fingerprint density at radius 1 is 1.25 bits per heavy atom. The molecule has 2 aliphatic heterocycles. The van der Waals surface area contributed by atoms with Crippen molar-refractivity contribution >= 4 is 5.91 Å². The molecule has 0 aromatic heterocycles. The summed E-state index contributed by atoms with van der Waals surface area (Å²) in [4.78, 5) is 12.1. The van der Waals surface area contributed by atoms with Crippen molar-refractivity contribution in [3.63, 3.8) is 0 Å². The van der Waals surface area contributed by atoms with Crippen LogP contribution in [0.2, 0.25) is 0 Å². The zero-order valence-corrected chi connectivity index (χ0v) is 11.6. The van der Waals surface area contributed by atoms with Crippen LogP contribution in [0.1, 0.15) is 43.7 Å². The Labute approximate surface area is 119 Å². The van der Waals surface area contributed by atoms with Crippen molar-refractivity contribution < 1.29 is 14.3 Å². The second-order valence-corrected chi connectivity index (χ2v) is 5.47. The smallest absolute Gasteiger partial charge is 0.220 e. The first-order valence-corrected chi connectivity index (χ1v) is 7.45. The molecule has 20 heavy (non-hydrogen) atoms. The number of carbonyl (C=O) groups excluding carboxylic acids is 1. The highest BCUT2D eigenvalue weighted by molar-refractivity contribution is 5.76. The van der Waals surface area contributed by atoms with Crippen LogP contribution in [0.5, 0.6) is 5.75 Å². The normalized spacial score (nSPS) is 24.8. The van der Waals surface area contributed by atoms with Gasteiger partial charge in [-0.05, 0) is 25.3 Å². The first-order valence-electron chi connectivity index (χ1n) is 7.45. The van der Waals surface area contributed by atoms with Gasteiger partial charge in [-0.3, -0.25) is 4.79 Å². The summed E-state index contributed by atoms with van der Waals surface area (Å²) >= 11 is 0. The number of para-hydroxylation sites is 1. The molecule has 2 atom stereocenters. The maximum absolute atomic E-state index is 12.1. The average Bonchev–Trinajstić information content (AvgIpc) is 2.99. The topological polar surface area (TPSA) is 47.6 Å². The molecule has 108 valence electrons. The molecule has 2 heterocycles. The highest BCUT2D eigenvalue weighted by atomic mass is 16.5. The summed E-state index contributed by atoms with van der Waals surface area (Å²) in [6.45, 7) is 1.51. The summed E-state index contributed by atoms with van der Waals surface area (Å²) in [5.41, 5.74) is 1.09. The van der Waals surface area contributed by atoms with E-state index in [4.69, 9.17) is 9.47 Å². The molecule has 3 rings (SSSR count). The van der Waals surface area contributed by atoms with Gasteiger partial charge in [0.05, 0.1) is 18.8 Å². The van der Waals surface area contributed by atoms with Crippen LogP contribution in [0, 0.1) is 0 Å². The molecular weight excluding hydrogens is 254 g/mol. The molecule has 1 amide bonds. The Morgan fingerprint density at radius 2 is 2.15 bits per heavy atom. The Morgan fingerprint density at radius 3 is 3.00 bits per heavy atom. The highest BCUT2D eigenvalue weighted by Crippen LogP contribution is 2.31. The summed E-state index contributed by atoms with van der Waals surface area (Å²) in [6, 6.07) is 8.01. The number of amides is 1. The Kier molecular flexibility index (Phi) is 4.21. The Bertz CT molecular complexity index is 469. The monoisotopic (exact) mass is 275 g/mol. The third kappa shape index (κ3) is 3.12. The molecule has 1 aromatic carbocycles. The van der Waals surface area contributed by atoms with Gasteiger partial charge in [0, 0.05) is 25.0 Å². The summed E-state index contributed by atoms with van der Waals surface area (Å²) in [7, 11) is 0. The maximum Gasteiger partial charge on any atom is 0.220 e. The molecule has 1 N–H and O–H groups in total. The molecular formula is C16H21NO3. The first kappa shape index (κ1) is 13.4. The number of benzene rings is 1. The minimum atomic E-state index is 0.0805. The van der Waals surface area contributed by atoms with Crippen molar-refractivity contribution in [2.75, 3.05) is 13.2 Å². The van der Waals surface area contributed by atoms with Crippen LogP contribution in [-0.2, 0) is 9.53 Å². The SMILES string of the molecule is O=C(CC[C@@H]1CCCO1)N[C@H]1CCOc2ccccc21. The van der Waals surface area contributed by atoms with Gasteiger partial charge in [0.25, 0.3) is 0 Å². The van der Waals surface area contributed by atoms with Crippen molar-refractivity contribution in [1.29, 1.82) is 0 Å². The number of carbonyl (C=O) groups is 1. The molecule has 0 saturated carbocycles. The van der Waals surface area contributed by atoms with Gasteiger partial charge in [0.15, 0.2) is 0 Å². The molecule has 1 aromatic rings. The molecule has 1 fully saturated rings. The summed E-state index contributed by atoms with van der Waals surface area (Å²) in [5.74, 6) is 1.00. The van der Waals surface area contributed by atoms with Crippen LogP contribution in [0.25, 0.3) is 0 Å². The molecule has 0 aliphatic carbocycles. The van der Waals surface area contributed by atoms with Gasteiger partial charge in [0.2, 0.25) is 5.91 Å². The van der Waals surface area contributed by atoms with E-state index >= 15 is 0 Å². The van der Waals surface area contributed by atoms with Gasteiger partial charge in [-0.25, -0.2) is 0 Å². The fourth-order valence-corrected chi connectivity index (χ4v) is 2.92. The minimum Gasteiger partial charge on any atom is -0.493 e. The van der Waals surface area contributed by atoms with E-state index in [0.29, 0.717) is 13.0 Å². The van der Waals surface area contributed by atoms with Gasteiger partial charge < -0.3 is 14.8 Å². The number of ether oxygens (including phenoxy) is 2. The lowest BCUT2D eigenvalue weighted by molar-refractivity contribution is -0.122. The quantitative estimate of drug-likeness (QED) is 0.918. The van der Waals surface area contributed by atoms with Gasteiger partial charge in [-0.1, -0.05) is 18.2 Å². The molecule has 0 radical (unpaired) electrons. The van der Waals surface area contributed by atoms with Gasteiger partial charge in [-0.2, -0.15) is 0 Å². The largest absolute Gasteiger partial charge is 0.493 e. The van der Waals surface area contributed by atoms with E-state index in [1.807, 2.05) is 24.3 Å². The summed E-state index contributed by atoms with van der Waals surface area (Å²) < 4.78 is 11.2. The standard InChI is InChI=1S/C16H21NO3/c18-16(8-7-12-4-3-10-19-12)17-14-9-11-20-15-6-2-1-5-13(14)15/h1-2,5-6,12,14H,3-4,7-11H2,(H,17,18)/t12-,14-/m0/s1. The Balaban J connectivity index is 1.54. The molecule has 4 nitrogen and oxygen atoms in total. The lowest BCUT2D eigenvalue weighted by Crippen LogP contribution is -2.32. The highest BCUT2D eigenvalue weighted by Gasteiger charge is 2.23. The van der Waals surface area contributed by atoms with Crippen LogP contribution in [0.3, 0.4) is 0 Å². The third-order valence-corrected chi connectivity index (χ3v) is 4.01. The predicted octanol–water partition coefficient (Wildman–Crippen LogP) is 2.59. The first-order chi connectivity index (χ1) is 9.83. The van der Waals surface area contributed by atoms with E-state index in [-0.39, 0.29) is 18.1 Å². The van der Waals surface area contributed by atoms with Crippen molar-refractivity contribution in [2.45, 2.75) is 44.2 Å². The molecule has 0 unspecified atom stereocenters. The van der Waals surface area contributed by atoms with Crippen molar-refractivity contribution in [2.24, 2.45) is 0 Å². The average molecular weight is 275 g/mol. The summed E-state index contributed by atoms with van der Waals surface area (Å²) in [6.07, 6.45) is 4.71. The van der Waals surface area contributed by atoms with Crippen molar-refractivity contribution in [3.8, 4) is 5.75 Å². The van der Waals surface area contributed by atoms with E-state index < -0.39 is 0 Å². The molecule has 1 saturated heterocycles. The van der Waals surface area contributed by atoms with Crippen LogP contribution in [-0.4, -0.2) is 25.2 Å². The molecule has 2 aliphatic rings. The fourth-order valence-electron chi connectivity index (χ4n) is 2.92. The minimum absolute atomic E-state index is 0.0805. The van der Waals surface area contributed by atoms with Crippen LogP contribution >= 0.6 is 0 Å². The van der Waals surface area contributed by atoms with Crippen molar-refractivity contribution in [1.82, 2.24) is 5.32 Å². The second kappa shape index (κ2) is 6.27.